The SMILES string of the molecule is COc1ccc(C=C2CCC(CN(C)C)C2=O)cc1O.Cl. The molecule has 1 unspecified atom stereocenters. The van der Waals surface area contributed by atoms with Crippen LogP contribution >= 0.6 is 12.4 Å². The number of hydrogen-bond donors (Lipinski definition) is 1. The van der Waals surface area contributed by atoms with Crippen LogP contribution in [0.4, 0.5) is 0 Å². The van der Waals surface area contributed by atoms with Gasteiger partial charge in [-0.25, -0.2) is 0 Å². The summed E-state index contributed by atoms with van der Waals surface area (Å²) >= 11 is 0. The van der Waals surface area contributed by atoms with Crippen molar-refractivity contribution in [2.24, 2.45) is 5.92 Å². The monoisotopic (exact) mass is 311 g/mol. The molecule has 0 aliphatic heterocycles. The summed E-state index contributed by atoms with van der Waals surface area (Å²) in [4.78, 5) is 14.3. The van der Waals surface area contributed by atoms with Crippen molar-refractivity contribution in [3.63, 3.8) is 0 Å². The number of allylic oxidation sites excluding steroid dienone is 1. The Hall–Kier alpha value is -1.52. The fourth-order valence-electron chi connectivity index (χ4n) is 2.60. The Morgan fingerprint density at radius 3 is 2.71 bits per heavy atom. The number of carbonyl (C=O) groups is 1. The average Bonchev–Trinajstić information content (AvgIpc) is 2.71. The Morgan fingerprint density at radius 2 is 2.14 bits per heavy atom. The summed E-state index contributed by atoms with van der Waals surface area (Å²) in [5, 5.41) is 9.76. The second kappa shape index (κ2) is 7.48. The summed E-state index contributed by atoms with van der Waals surface area (Å²) in [5.41, 5.74) is 1.68. The molecule has 5 heteroatoms. The van der Waals surface area contributed by atoms with E-state index in [9.17, 15) is 9.90 Å². The van der Waals surface area contributed by atoms with E-state index in [-0.39, 0.29) is 29.9 Å². The van der Waals surface area contributed by atoms with Gasteiger partial charge in [-0.1, -0.05) is 6.07 Å². The van der Waals surface area contributed by atoms with Gasteiger partial charge in [-0.15, -0.1) is 12.4 Å². The van der Waals surface area contributed by atoms with E-state index in [1.807, 2.05) is 31.1 Å². The van der Waals surface area contributed by atoms with Crippen LogP contribution < -0.4 is 4.74 Å². The minimum absolute atomic E-state index is 0. The summed E-state index contributed by atoms with van der Waals surface area (Å²) in [7, 11) is 5.48. The first-order chi connectivity index (χ1) is 9.51. The van der Waals surface area contributed by atoms with E-state index in [2.05, 4.69) is 0 Å². The second-order valence-corrected chi connectivity index (χ2v) is 5.46. The Bertz CT molecular complexity index is 540. The second-order valence-electron chi connectivity index (χ2n) is 5.46. The molecule has 0 saturated heterocycles. The normalized spacial score (nSPS) is 19.9. The van der Waals surface area contributed by atoms with E-state index in [4.69, 9.17) is 4.74 Å². The lowest BCUT2D eigenvalue weighted by Gasteiger charge is -2.13. The summed E-state index contributed by atoms with van der Waals surface area (Å²) in [5.74, 6) is 0.865. The minimum atomic E-state index is 0. The van der Waals surface area contributed by atoms with Crippen LogP contribution in [-0.4, -0.2) is 43.5 Å². The molecule has 21 heavy (non-hydrogen) atoms. The van der Waals surface area contributed by atoms with Crippen LogP contribution in [0.3, 0.4) is 0 Å². The van der Waals surface area contributed by atoms with Gasteiger partial charge in [0.25, 0.3) is 0 Å². The number of halogens is 1. The quantitative estimate of drug-likeness (QED) is 0.869. The number of aromatic hydroxyl groups is 1. The number of hydrogen-bond acceptors (Lipinski definition) is 4. The van der Waals surface area contributed by atoms with Crippen LogP contribution in [0.25, 0.3) is 6.08 Å². The zero-order valence-electron chi connectivity index (χ0n) is 12.6. The number of methoxy groups -OCH3 is 1. The third-order valence-electron chi connectivity index (χ3n) is 3.58. The van der Waals surface area contributed by atoms with Crippen molar-refractivity contribution >= 4 is 24.3 Å². The number of phenolic OH excluding ortho intramolecular Hbond substituents is 1. The molecule has 2 rings (SSSR count). The zero-order chi connectivity index (χ0) is 14.7. The summed E-state index contributed by atoms with van der Waals surface area (Å²) in [6.45, 7) is 0.796. The summed E-state index contributed by atoms with van der Waals surface area (Å²) in [6.07, 6.45) is 3.59. The first-order valence-corrected chi connectivity index (χ1v) is 6.77. The van der Waals surface area contributed by atoms with Crippen LogP contribution in [0.1, 0.15) is 18.4 Å². The van der Waals surface area contributed by atoms with Crippen LogP contribution in [0.5, 0.6) is 11.5 Å². The summed E-state index contributed by atoms with van der Waals surface area (Å²) in [6, 6.07) is 5.18. The molecule has 1 aromatic carbocycles. The number of nitrogens with zero attached hydrogens (tertiary/aromatic N) is 1. The fourth-order valence-corrected chi connectivity index (χ4v) is 2.60. The highest BCUT2D eigenvalue weighted by molar-refractivity contribution is 6.03. The van der Waals surface area contributed by atoms with Gasteiger partial charge < -0.3 is 14.7 Å². The molecule has 0 aromatic heterocycles. The van der Waals surface area contributed by atoms with Crippen molar-refractivity contribution < 1.29 is 14.6 Å². The molecule has 1 atom stereocenters. The van der Waals surface area contributed by atoms with Gasteiger partial charge in [0.2, 0.25) is 0 Å². The van der Waals surface area contributed by atoms with Gasteiger partial charge in [0.15, 0.2) is 17.3 Å². The third kappa shape index (κ3) is 4.22. The van der Waals surface area contributed by atoms with Gasteiger partial charge in [-0.3, -0.25) is 4.79 Å². The van der Waals surface area contributed by atoms with E-state index in [0.717, 1.165) is 30.5 Å². The van der Waals surface area contributed by atoms with Crippen molar-refractivity contribution in [2.75, 3.05) is 27.7 Å². The van der Waals surface area contributed by atoms with Gasteiger partial charge in [0, 0.05) is 12.5 Å². The van der Waals surface area contributed by atoms with Gasteiger partial charge in [-0.05, 0) is 56.3 Å². The Balaban J connectivity index is 0.00000220. The largest absolute Gasteiger partial charge is 0.504 e. The maximum absolute atomic E-state index is 12.3. The van der Waals surface area contributed by atoms with E-state index in [1.165, 1.54) is 7.11 Å². The van der Waals surface area contributed by atoms with Crippen molar-refractivity contribution in [3.05, 3.63) is 29.3 Å². The Labute approximate surface area is 131 Å². The molecule has 0 amide bonds. The minimum Gasteiger partial charge on any atom is -0.504 e. The maximum atomic E-state index is 12.3. The van der Waals surface area contributed by atoms with E-state index in [0.29, 0.717) is 5.75 Å². The number of rotatable bonds is 4. The lowest BCUT2D eigenvalue weighted by Crippen LogP contribution is -2.24. The molecule has 116 valence electrons. The molecule has 0 spiro atoms. The highest BCUT2D eigenvalue weighted by Gasteiger charge is 2.29. The van der Waals surface area contributed by atoms with Crippen molar-refractivity contribution in [1.82, 2.24) is 4.90 Å². The van der Waals surface area contributed by atoms with Crippen molar-refractivity contribution in [1.29, 1.82) is 0 Å². The lowest BCUT2D eigenvalue weighted by atomic mass is 10.0. The average molecular weight is 312 g/mol. The number of Topliss-reactive ketones (excluding diaryl/α,β-unsaturated/α-hetero) is 1. The van der Waals surface area contributed by atoms with Gasteiger partial charge in [0.05, 0.1) is 7.11 Å². The Morgan fingerprint density at radius 1 is 1.43 bits per heavy atom. The number of benzene rings is 1. The molecule has 0 bridgehead atoms. The van der Waals surface area contributed by atoms with Crippen LogP contribution in [0.15, 0.2) is 23.8 Å². The molecule has 1 N–H and O–H groups in total. The maximum Gasteiger partial charge on any atom is 0.163 e. The summed E-state index contributed by atoms with van der Waals surface area (Å²) < 4.78 is 5.01. The first kappa shape index (κ1) is 17.5. The molecule has 1 saturated carbocycles. The van der Waals surface area contributed by atoms with Crippen molar-refractivity contribution in [2.45, 2.75) is 12.8 Å². The van der Waals surface area contributed by atoms with Gasteiger partial charge in [0.1, 0.15) is 0 Å². The zero-order valence-corrected chi connectivity index (χ0v) is 13.4. The molecule has 4 nitrogen and oxygen atoms in total. The molecular weight excluding hydrogens is 290 g/mol. The number of ketones is 1. The smallest absolute Gasteiger partial charge is 0.163 e. The molecule has 1 aromatic rings. The molecule has 1 aliphatic carbocycles. The number of ether oxygens (including phenoxy) is 1. The van der Waals surface area contributed by atoms with Crippen molar-refractivity contribution in [3.8, 4) is 11.5 Å². The van der Waals surface area contributed by atoms with Crippen LogP contribution in [-0.2, 0) is 4.79 Å². The predicted octanol–water partition coefficient (Wildman–Crippen LogP) is 2.75. The number of phenols is 1. The van der Waals surface area contributed by atoms with Crippen LogP contribution in [0, 0.1) is 5.92 Å². The van der Waals surface area contributed by atoms with E-state index >= 15 is 0 Å². The first-order valence-electron chi connectivity index (χ1n) is 6.77. The van der Waals surface area contributed by atoms with Gasteiger partial charge in [-0.2, -0.15) is 0 Å². The molecule has 0 heterocycles. The molecule has 1 aliphatic rings. The Kier molecular flexibility index (Phi) is 6.24. The third-order valence-corrected chi connectivity index (χ3v) is 3.58. The molecule has 1 fully saturated rings. The predicted molar refractivity (Wildman–Crippen MR) is 86.2 cm³/mol. The highest BCUT2D eigenvalue weighted by Crippen LogP contribution is 2.31. The van der Waals surface area contributed by atoms with Crippen LogP contribution in [0.2, 0.25) is 0 Å². The number of carbonyl (C=O) groups excluding carboxylic acids is 1. The van der Waals surface area contributed by atoms with E-state index in [1.54, 1.807) is 12.1 Å². The highest BCUT2D eigenvalue weighted by atomic mass is 35.5. The molecule has 0 radical (unpaired) electrons. The lowest BCUT2D eigenvalue weighted by molar-refractivity contribution is -0.118. The topological polar surface area (TPSA) is 49.8 Å². The molecular formula is C16H22ClNO3. The standard InChI is InChI=1S/C16H21NO3.ClH/c1-17(2)10-13-6-5-12(16(13)19)8-11-4-7-15(20-3)14(18)9-11;/h4,7-9,13,18H,5-6,10H2,1-3H3;1H. The fraction of sp³-hybridized carbons (Fsp3) is 0.438. The van der Waals surface area contributed by atoms with E-state index < -0.39 is 0 Å². The van der Waals surface area contributed by atoms with Gasteiger partial charge >= 0.3 is 0 Å².